The van der Waals surface area contributed by atoms with Gasteiger partial charge in [-0.15, -0.1) is 0 Å². The van der Waals surface area contributed by atoms with Gasteiger partial charge in [-0.25, -0.2) is 0 Å². The lowest BCUT2D eigenvalue weighted by Gasteiger charge is -2.16. The lowest BCUT2D eigenvalue weighted by molar-refractivity contribution is 0.202. The number of aromatic nitrogens is 2. The number of para-hydroxylation sites is 1. The standard InChI is InChI=1S/C13H15BrN2O2/c1-3-16-12(10(14)8-15-16)13(17)9-6-4-5-7-11(9)18-2/h4-8,13,17H,3H2,1-2H3. The third-order valence-corrected chi connectivity index (χ3v) is 3.44. The molecule has 0 saturated heterocycles. The van der Waals surface area contributed by atoms with E-state index in [1.54, 1.807) is 18.0 Å². The van der Waals surface area contributed by atoms with Crippen molar-refractivity contribution in [2.24, 2.45) is 0 Å². The SMILES string of the molecule is CCn1ncc(Br)c1C(O)c1ccccc1OC. The topological polar surface area (TPSA) is 47.3 Å². The number of hydrogen-bond donors (Lipinski definition) is 1. The van der Waals surface area contributed by atoms with Gasteiger partial charge in [0.1, 0.15) is 11.9 Å². The van der Waals surface area contributed by atoms with Crippen LogP contribution in [0.5, 0.6) is 5.75 Å². The molecule has 0 aliphatic heterocycles. The average molecular weight is 311 g/mol. The molecule has 0 bridgehead atoms. The van der Waals surface area contributed by atoms with Crippen LogP contribution in [0.3, 0.4) is 0 Å². The molecule has 0 saturated carbocycles. The monoisotopic (exact) mass is 310 g/mol. The van der Waals surface area contributed by atoms with E-state index in [2.05, 4.69) is 21.0 Å². The van der Waals surface area contributed by atoms with Crippen LogP contribution >= 0.6 is 15.9 Å². The molecule has 1 unspecified atom stereocenters. The fourth-order valence-electron chi connectivity index (χ4n) is 1.94. The van der Waals surface area contributed by atoms with Gasteiger partial charge in [-0.05, 0) is 28.9 Å². The minimum atomic E-state index is -0.766. The highest BCUT2D eigenvalue weighted by Gasteiger charge is 2.21. The van der Waals surface area contributed by atoms with E-state index in [-0.39, 0.29) is 0 Å². The van der Waals surface area contributed by atoms with E-state index in [1.165, 1.54) is 0 Å². The molecule has 0 spiro atoms. The third kappa shape index (κ3) is 2.28. The molecule has 96 valence electrons. The van der Waals surface area contributed by atoms with Crippen molar-refractivity contribution in [1.29, 1.82) is 0 Å². The predicted octanol–water partition coefficient (Wildman–Crippen LogP) is 2.76. The Balaban J connectivity index is 2.47. The average Bonchev–Trinajstić information content (AvgIpc) is 2.79. The predicted molar refractivity (Wildman–Crippen MR) is 72.7 cm³/mol. The minimum absolute atomic E-state index is 0.667. The molecule has 18 heavy (non-hydrogen) atoms. The molecule has 0 amide bonds. The van der Waals surface area contributed by atoms with Crippen molar-refractivity contribution in [1.82, 2.24) is 9.78 Å². The van der Waals surface area contributed by atoms with Crippen molar-refractivity contribution >= 4 is 15.9 Å². The number of benzene rings is 1. The van der Waals surface area contributed by atoms with E-state index in [0.717, 1.165) is 15.7 Å². The number of rotatable bonds is 4. The number of hydrogen-bond acceptors (Lipinski definition) is 3. The van der Waals surface area contributed by atoms with Crippen LogP contribution in [0.25, 0.3) is 0 Å². The Morgan fingerprint density at radius 1 is 1.44 bits per heavy atom. The van der Waals surface area contributed by atoms with Gasteiger partial charge in [0, 0.05) is 12.1 Å². The second kappa shape index (κ2) is 5.54. The maximum absolute atomic E-state index is 10.5. The van der Waals surface area contributed by atoms with Crippen LogP contribution < -0.4 is 4.74 Å². The highest BCUT2D eigenvalue weighted by Crippen LogP contribution is 2.33. The van der Waals surface area contributed by atoms with Gasteiger partial charge in [0.15, 0.2) is 0 Å². The third-order valence-electron chi connectivity index (χ3n) is 2.83. The van der Waals surface area contributed by atoms with Crippen molar-refractivity contribution in [3.63, 3.8) is 0 Å². The molecular weight excluding hydrogens is 296 g/mol. The Morgan fingerprint density at radius 3 is 2.83 bits per heavy atom. The van der Waals surface area contributed by atoms with Gasteiger partial charge in [-0.1, -0.05) is 18.2 Å². The maximum Gasteiger partial charge on any atom is 0.125 e. The van der Waals surface area contributed by atoms with Gasteiger partial charge in [0.2, 0.25) is 0 Å². The highest BCUT2D eigenvalue weighted by atomic mass is 79.9. The number of aliphatic hydroxyl groups is 1. The van der Waals surface area contributed by atoms with Crippen molar-refractivity contribution in [2.75, 3.05) is 7.11 Å². The summed E-state index contributed by atoms with van der Waals surface area (Å²) < 4.78 is 7.83. The summed E-state index contributed by atoms with van der Waals surface area (Å²) in [6, 6.07) is 7.44. The Labute approximate surface area is 114 Å². The van der Waals surface area contributed by atoms with Crippen LogP contribution in [0.4, 0.5) is 0 Å². The second-order valence-corrected chi connectivity index (χ2v) is 4.69. The van der Waals surface area contributed by atoms with Crippen LogP contribution in [-0.4, -0.2) is 22.0 Å². The number of ether oxygens (including phenoxy) is 1. The van der Waals surface area contributed by atoms with Gasteiger partial charge in [0.05, 0.1) is 23.5 Å². The molecule has 1 N–H and O–H groups in total. The molecule has 0 aliphatic carbocycles. The first-order valence-corrected chi connectivity index (χ1v) is 6.50. The molecule has 2 rings (SSSR count). The largest absolute Gasteiger partial charge is 0.496 e. The second-order valence-electron chi connectivity index (χ2n) is 3.84. The molecule has 1 atom stereocenters. The first-order valence-electron chi connectivity index (χ1n) is 5.71. The highest BCUT2D eigenvalue weighted by molar-refractivity contribution is 9.10. The summed E-state index contributed by atoms with van der Waals surface area (Å²) in [6.07, 6.45) is 0.926. The smallest absolute Gasteiger partial charge is 0.125 e. The van der Waals surface area contributed by atoms with Crippen LogP contribution in [-0.2, 0) is 6.54 Å². The van der Waals surface area contributed by atoms with Crippen molar-refractivity contribution in [3.05, 3.63) is 46.2 Å². The lowest BCUT2D eigenvalue weighted by atomic mass is 10.1. The van der Waals surface area contributed by atoms with Crippen molar-refractivity contribution in [3.8, 4) is 5.75 Å². The number of aliphatic hydroxyl groups excluding tert-OH is 1. The molecular formula is C13H15BrN2O2. The maximum atomic E-state index is 10.5. The first kappa shape index (κ1) is 13.1. The number of nitrogens with zero attached hydrogens (tertiary/aromatic N) is 2. The molecule has 1 heterocycles. The van der Waals surface area contributed by atoms with E-state index in [9.17, 15) is 5.11 Å². The summed E-state index contributed by atoms with van der Waals surface area (Å²) in [7, 11) is 1.59. The molecule has 0 aliphatic rings. The van der Waals surface area contributed by atoms with E-state index < -0.39 is 6.10 Å². The fraction of sp³-hybridized carbons (Fsp3) is 0.308. The molecule has 1 aromatic heterocycles. The molecule has 2 aromatic rings. The van der Waals surface area contributed by atoms with E-state index in [1.807, 2.05) is 31.2 Å². The van der Waals surface area contributed by atoms with Crippen LogP contribution in [0, 0.1) is 0 Å². The zero-order valence-electron chi connectivity index (χ0n) is 10.3. The zero-order valence-corrected chi connectivity index (χ0v) is 11.9. The van der Waals surface area contributed by atoms with Gasteiger partial charge in [-0.2, -0.15) is 5.10 Å². The summed E-state index contributed by atoms with van der Waals surface area (Å²) in [5, 5.41) is 14.7. The summed E-state index contributed by atoms with van der Waals surface area (Å²) in [5.74, 6) is 0.667. The van der Waals surface area contributed by atoms with E-state index in [0.29, 0.717) is 12.3 Å². The van der Waals surface area contributed by atoms with Crippen LogP contribution in [0.15, 0.2) is 34.9 Å². The fourth-order valence-corrected chi connectivity index (χ4v) is 2.45. The van der Waals surface area contributed by atoms with Gasteiger partial charge >= 0.3 is 0 Å². The zero-order chi connectivity index (χ0) is 13.1. The summed E-state index contributed by atoms with van der Waals surface area (Å²) in [6.45, 7) is 2.69. The van der Waals surface area contributed by atoms with Crippen molar-refractivity contribution in [2.45, 2.75) is 19.6 Å². The number of methoxy groups -OCH3 is 1. The Morgan fingerprint density at radius 2 is 2.17 bits per heavy atom. The summed E-state index contributed by atoms with van der Waals surface area (Å²) in [5.41, 5.74) is 1.47. The van der Waals surface area contributed by atoms with Gasteiger partial charge in [0.25, 0.3) is 0 Å². The van der Waals surface area contributed by atoms with Gasteiger partial charge in [-0.3, -0.25) is 4.68 Å². The quantitative estimate of drug-likeness (QED) is 0.944. The minimum Gasteiger partial charge on any atom is -0.496 e. The number of aryl methyl sites for hydroxylation is 1. The normalized spacial score (nSPS) is 12.4. The first-order chi connectivity index (χ1) is 8.69. The Kier molecular flexibility index (Phi) is 4.04. The molecule has 5 heteroatoms. The Bertz CT molecular complexity index is 540. The summed E-state index contributed by atoms with van der Waals surface area (Å²) >= 11 is 3.42. The molecule has 0 fully saturated rings. The molecule has 1 aromatic carbocycles. The molecule has 0 radical (unpaired) electrons. The number of halogens is 1. The summed E-state index contributed by atoms with van der Waals surface area (Å²) in [4.78, 5) is 0. The molecule has 4 nitrogen and oxygen atoms in total. The van der Waals surface area contributed by atoms with Crippen LogP contribution in [0.2, 0.25) is 0 Å². The van der Waals surface area contributed by atoms with Gasteiger partial charge < -0.3 is 9.84 Å². The Hall–Kier alpha value is -1.33. The lowest BCUT2D eigenvalue weighted by Crippen LogP contribution is -2.10. The van der Waals surface area contributed by atoms with E-state index in [4.69, 9.17) is 4.74 Å². The van der Waals surface area contributed by atoms with E-state index >= 15 is 0 Å². The van der Waals surface area contributed by atoms with Crippen molar-refractivity contribution < 1.29 is 9.84 Å². The van der Waals surface area contributed by atoms with Crippen LogP contribution in [0.1, 0.15) is 24.3 Å².